The molecule has 1 heterocycles. The zero-order chi connectivity index (χ0) is 12.8. The first-order valence-electron chi connectivity index (χ1n) is 7.37. The third kappa shape index (κ3) is 4.05. The minimum absolute atomic E-state index is 0.864. The number of hydrogen-bond acceptors (Lipinski definition) is 3. The van der Waals surface area contributed by atoms with Gasteiger partial charge < -0.3 is 5.32 Å². The van der Waals surface area contributed by atoms with Crippen molar-refractivity contribution in [2.24, 2.45) is 5.92 Å². The highest BCUT2D eigenvalue weighted by Gasteiger charge is 2.23. The Labute approximate surface area is 110 Å². The van der Waals surface area contributed by atoms with Crippen LogP contribution in [0.15, 0.2) is 6.20 Å². The van der Waals surface area contributed by atoms with Gasteiger partial charge in [0.2, 0.25) is 0 Å². The van der Waals surface area contributed by atoms with Crippen molar-refractivity contribution >= 4 is 0 Å². The molecule has 0 spiro atoms. The van der Waals surface area contributed by atoms with E-state index in [1.807, 2.05) is 6.20 Å². The molecule has 1 aliphatic carbocycles. The molecule has 3 nitrogen and oxygen atoms in total. The van der Waals surface area contributed by atoms with Crippen LogP contribution in [0.1, 0.15) is 56.6 Å². The highest BCUT2D eigenvalue weighted by atomic mass is 14.9. The molecule has 1 saturated carbocycles. The van der Waals surface area contributed by atoms with Crippen molar-refractivity contribution in [3.8, 4) is 0 Å². The molecule has 100 valence electrons. The SMILES string of the molecule is CCCNCc1cnc(CC2CC2)nc1CCC. The van der Waals surface area contributed by atoms with Crippen LogP contribution < -0.4 is 5.32 Å². The minimum atomic E-state index is 0.864. The van der Waals surface area contributed by atoms with Gasteiger partial charge in [0.05, 0.1) is 0 Å². The first-order valence-corrected chi connectivity index (χ1v) is 7.37. The van der Waals surface area contributed by atoms with Gasteiger partial charge in [0.1, 0.15) is 5.82 Å². The van der Waals surface area contributed by atoms with Crippen molar-refractivity contribution in [3.63, 3.8) is 0 Å². The Bertz CT molecular complexity index is 372. The van der Waals surface area contributed by atoms with Gasteiger partial charge in [-0.15, -0.1) is 0 Å². The molecule has 0 radical (unpaired) electrons. The summed E-state index contributed by atoms with van der Waals surface area (Å²) in [6, 6.07) is 0. The van der Waals surface area contributed by atoms with Crippen LogP contribution in [0, 0.1) is 5.92 Å². The highest BCUT2D eigenvalue weighted by molar-refractivity contribution is 5.18. The van der Waals surface area contributed by atoms with Crippen molar-refractivity contribution < 1.29 is 0 Å². The number of hydrogen-bond donors (Lipinski definition) is 1. The van der Waals surface area contributed by atoms with E-state index in [1.54, 1.807) is 0 Å². The van der Waals surface area contributed by atoms with E-state index in [4.69, 9.17) is 4.98 Å². The Morgan fingerprint density at radius 2 is 2.11 bits per heavy atom. The second kappa shape index (κ2) is 6.83. The van der Waals surface area contributed by atoms with Gasteiger partial charge >= 0.3 is 0 Å². The lowest BCUT2D eigenvalue weighted by Gasteiger charge is -2.10. The lowest BCUT2D eigenvalue weighted by molar-refractivity contribution is 0.656. The normalized spacial score (nSPS) is 15.0. The monoisotopic (exact) mass is 247 g/mol. The lowest BCUT2D eigenvalue weighted by Crippen LogP contribution is -2.17. The van der Waals surface area contributed by atoms with Crippen molar-refractivity contribution in [1.29, 1.82) is 0 Å². The second-order valence-electron chi connectivity index (χ2n) is 5.33. The fraction of sp³-hybridized carbons (Fsp3) is 0.733. The molecular formula is C15H25N3. The van der Waals surface area contributed by atoms with Crippen LogP contribution in [0.25, 0.3) is 0 Å². The van der Waals surface area contributed by atoms with Crippen LogP contribution in [0.4, 0.5) is 0 Å². The van der Waals surface area contributed by atoms with Crippen LogP contribution in [0.2, 0.25) is 0 Å². The lowest BCUT2D eigenvalue weighted by atomic mass is 10.1. The third-order valence-electron chi connectivity index (χ3n) is 3.40. The minimum Gasteiger partial charge on any atom is -0.313 e. The summed E-state index contributed by atoms with van der Waals surface area (Å²) in [6.45, 7) is 6.38. The number of nitrogens with zero attached hydrogens (tertiary/aromatic N) is 2. The average molecular weight is 247 g/mol. The molecule has 1 aromatic heterocycles. The Kier molecular flexibility index (Phi) is 5.12. The number of rotatable bonds is 8. The predicted molar refractivity (Wildman–Crippen MR) is 74.5 cm³/mol. The molecule has 0 aromatic carbocycles. The molecule has 0 unspecified atom stereocenters. The maximum absolute atomic E-state index is 4.77. The molecule has 3 heteroatoms. The van der Waals surface area contributed by atoms with E-state index in [9.17, 15) is 0 Å². The number of aryl methyl sites for hydroxylation is 1. The maximum atomic E-state index is 4.77. The standard InChI is InChI=1S/C15H25N3/c1-3-5-14-13(10-16-8-4-2)11-17-15(18-14)9-12-6-7-12/h11-12,16H,3-10H2,1-2H3. The van der Waals surface area contributed by atoms with Crippen LogP contribution in [0.5, 0.6) is 0 Å². The molecule has 0 amide bonds. The summed E-state index contributed by atoms with van der Waals surface area (Å²) < 4.78 is 0. The summed E-state index contributed by atoms with van der Waals surface area (Å²) in [5, 5.41) is 3.44. The highest BCUT2D eigenvalue weighted by Crippen LogP contribution is 2.31. The van der Waals surface area contributed by atoms with Crippen LogP contribution in [0.3, 0.4) is 0 Å². The topological polar surface area (TPSA) is 37.8 Å². The Morgan fingerprint density at radius 1 is 1.28 bits per heavy atom. The first kappa shape index (κ1) is 13.5. The summed E-state index contributed by atoms with van der Waals surface area (Å²) in [5.74, 6) is 1.92. The van der Waals surface area contributed by atoms with E-state index >= 15 is 0 Å². The van der Waals surface area contributed by atoms with Gasteiger partial charge in [0, 0.05) is 30.4 Å². The first-order chi connectivity index (χ1) is 8.83. The van der Waals surface area contributed by atoms with E-state index in [2.05, 4.69) is 24.1 Å². The van der Waals surface area contributed by atoms with E-state index in [1.165, 1.54) is 30.5 Å². The van der Waals surface area contributed by atoms with Gasteiger partial charge in [-0.2, -0.15) is 0 Å². The smallest absolute Gasteiger partial charge is 0.128 e. The molecule has 0 saturated heterocycles. The van der Waals surface area contributed by atoms with Gasteiger partial charge in [-0.05, 0) is 38.1 Å². The number of nitrogens with one attached hydrogen (secondary N) is 1. The van der Waals surface area contributed by atoms with Crippen molar-refractivity contribution in [1.82, 2.24) is 15.3 Å². The van der Waals surface area contributed by atoms with Crippen molar-refractivity contribution in [3.05, 3.63) is 23.3 Å². The zero-order valence-corrected chi connectivity index (χ0v) is 11.7. The van der Waals surface area contributed by atoms with Crippen molar-refractivity contribution in [2.45, 2.75) is 58.9 Å². The van der Waals surface area contributed by atoms with Crippen molar-refractivity contribution in [2.75, 3.05) is 6.54 Å². The van der Waals surface area contributed by atoms with E-state index in [0.717, 1.165) is 44.1 Å². The molecule has 0 aliphatic heterocycles. The molecule has 1 aromatic rings. The summed E-state index contributed by atoms with van der Waals surface area (Å²) in [6.07, 6.45) is 9.25. The molecule has 18 heavy (non-hydrogen) atoms. The summed E-state index contributed by atoms with van der Waals surface area (Å²) in [4.78, 5) is 9.30. The molecule has 0 bridgehead atoms. The number of aromatic nitrogens is 2. The van der Waals surface area contributed by atoms with Crippen LogP contribution >= 0.6 is 0 Å². The molecular weight excluding hydrogens is 222 g/mol. The van der Waals surface area contributed by atoms with Crippen LogP contribution in [-0.2, 0) is 19.4 Å². The summed E-state index contributed by atoms with van der Waals surface area (Å²) in [7, 11) is 0. The predicted octanol–water partition coefficient (Wildman–Crippen LogP) is 2.88. The zero-order valence-electron chi connectivity index (χ0n) is 11.7. The molecule has 1 fully saturated rings. The molecule has 0 atom stereocenters. The largest absolute Gasteiger partial charge is 0.313 e. The molecule has 1 aliphatic rings. The Morgan fingerprint density at radius 3 is 2.78 bits per heavy atom. The Hall–Kier alpha value is -0.960. The van der Waals surface area contributed by atoms with Gasteiger partial charge in [-0.3, -0.25) is 0 Å². The molecule has 1 N–H and O–H groups in total. The maximum Gasteiger partial charge on any atom is 0.128 e. The van der Waals surface area contributed by atoms with Gasteiger partial charge in [-0.1, -0.05) is 20.3 Å². The Balaban J connectivity index is 2.01. The fourth-order valence-electron chi connectivity index (χ4n) is 2.16. The average Bonchev–Trinajstić information content (AvgIpc) is 3.16. The van der Waals surface area contributed by atoms with Gasteiger partial charge in [0.25, 0.3) is 0 Å². The van der Waals surface area contributed by atoms with E-state index in [0.29, 0.717) is 0 Å². The van der Waals surface area contributed by atoms with E-state index in [-0.39, 0.29) is 0 Å². The molecule has 2 rings (SSSR count). The van der Waals surface area contributed by atoms with Gasteiger partial charge in [0.15, 0.2) is 0 Å². The summed E-state index contributed by atoms with van der Waals surface area (Å²) in [5.41, 5.74) is 2.54. The second-order valence-corrected chi connectivity index (χ2v) is 5.33. The summed E-state index contributed by atoms with van der Waals surface area (Å²) >= 11 is 0. The quantitative estimate of drug-likeness (QED) is 0.718. The van der Waals surface area contributed by atoms with Gasteiger partial charge in [-0.25, -0.2) is 9.97 Å². The fourth-order valence-corrected chi connectivity index (χ4v) is 2.16. The van der Waals surface area contributed by atoms with Crippen LogP contribution in [-0.4, -0.2) is 16.5 Å². The van der Waals surface area contributed by atoms with E-state index < -0.39 is 0 Å². The third-order valence-corrected chi connectivity index (χ3v) is 3.40.